The van der Waals surface area contributed by atoms with E-state index in [1.54, 1.807) is 36.4 Å². The van der Waals surface area contributed by atoms with E-state index in [2.05, 4.69) is 4.72 Å². The van der Waals surface area contributed by atoms with Crippen LogP contribution in [0.5, 0.6) is 0 Å². The lowest BCUT2D eigenvalue weighted by Gasteiger charge is -2.07. The van der Waals surface area contributed by atoms with Crippen molar-refractivity contribution in [1.29, 1.82) is 0 Å². The number of benzene rings is 2. The highest BCUT2D eigenvalue weighted by molar-refractivity contribution is 7.89. The molecule has 6 heteroatoms. The van der Waals surface area contributed by atoms with Crippen molar-refractivity contribution in [2.75, 3.05) is 0 Å². The summed E-state index contributed by atoms with van der Waals surface area (Å²) in [6, 6.07) is 13.1. The van der Waals surface area contributed by atoms with E-state index in [0.29, 0.717) is 10.0 Å². The second-order valence-electron chi connectivity index (χ2n) is 3.91. The second kappa shape index (κ2) is 5.92. The molecule has 0 saturated heterocycles. The van der Waals surface area contributed by atoms with Gasteiger partial charge in [0, 0.05) is 16.6 Å². The van der Waals surface area contributed by atoms with Crippen molar-refractivity contribution in [2.45, 2.75) is 11.4 Å². The first-order valence-corrected chi connectivity index (χ1v) is 7.71. The van der Waals surface area contributed by atoms with Crippen molar-refractivity contribution < 1.29 is 8.42 Å². The summed E-state index contributed by atoms with van der Waals surface area (Å²) in [5.74, 6) is 0. The first-order valence-electron chi connectivity index (χ1n) is 5.47. The number of nitrogens with one attached hydrogen (secondary N) is 1. The Balaban J connectivity index is 2.14. The van der Waals surface area contributed by atoms with Crippen LogP contribution in [0.15, 0.2) is 53.4 Å². The largest absolute Gasteiger partial charge is 0.240 e. The zero-order chi connectivity index (χ0) is 13.9. The average molecular weight is 316 g/mol. The van der Waals surface area contributed by atoms with Gasteiger partial charge in [-0.1, -0.05) is 41.4 Å². The van der Waals surface area contributed by atoms with Gasteiger partial charge in [-0.05, 0) is 35.9 Å². The Bertz CT molecular complexity index is 687. The molecule has 0 spiro atoms. The highest BCUT2D eigenvalue weighted by Crippen LogP contribution is 2.16. The Morgan fingerprint density at radius 2 is 1.58 bits per heavy atom. The van der Waals surface area contributed by atoms with Crippen molar-refractivity contribution in [3.05, 3.63) is 64.1 Å². The van der Waals surface area contributed by atoms with Crippen LogP contribution in [0.2, 0.25) is 10.0 Å². The molecule has 2 rings (SSSR count). The lowest BCUT2D eigenvalue weighted by molar-refractivity contribution is 0.581. The van der Waals surface area contributed by atoms with E-state index in [1.807, 2.05) is 0 Å². The fourth-order valence-corrected chi connectivity index (χ4v) is 3.07. The molecule has 2 aromatic rings. The molecule has 0 aliphatic rings. The molecule has 100 valence electrons. The molecule has 19 heavy (non-hydrogen) atoms. The van der Waals surface area contributed by atoms with Crippen LogP contribution in [0.3, 0.4) is 0 Å². The maximum Gasteiger partial charge on any atom is 0.240 e. The summed E-state index contributed by atoms with van der Waals surface area (Å²) in [5, 5.41) is 0.949. The molecule has 0 unspecified atom stereocenters. The zero-order valence-corrected chi connectivity index (χ0v) is 12.1. The second-order valence-corrected chi connectivity index (χ2v) is 6.55. The molecule has 3 nitrogen and oxygen atoms in total. The van der Waals surface area contributed by atoms with E-state index in [1.165, 1.54) is 12.1 Å². The van der Waals surface area contributed by atoms with Crippen LogP contribution in [0.1, 0.15) is 5.56 Å². The summed E-state index contributed by atoms with van der Waals surface area (Å²) in [6.07, 6.45) is 0. The van der Waals surface area contributed by atoms with Gasteiger partial charge >= 0.3 is 0 Å². The van der Waals surface area contributed by atoms with Gasteiger partial charge in [-0.15, -0.1) is 0 Å². The normalized spacial score (nSPS) is 11.5. The number of hydrogen-bond donors (Lipinski definition) is 1. The van der Waals surface area contributed by atoms with E-state index in [-0.39, 0.29) is 11.4 Å². The van der Waals surface area contributed by atoms with Crippen LogP contribution < -0.4 is 4.72 Å². The van der Waals surface area contributed by atoms with Crippen LogP contribution >= 0.6 is 23.2 Å². The van der Waals surface area contributed by atoms with Crippen molar-refractivity contribution in [3.8, 4) is 0 Å². The van der Waals surface area contributed by atoms with Crippen LogP contribution in [0.4, 0.5) is 0 Å². The number of halogens is 2. The molecule has 2 aromatic carbocycles. The van der Waals surface area contributed by atoms with Crippen molar-refractivity contribution in [2.24, 2.45) is 0 Å². The van der Waals surface area contributed by atoms with E-state index < -0.39 is 10.0 Å². The quantitative estimate of drug-likeness (QED) is 0.939. The molecule has 1 N–H and O–H groups in total. The molecule has 0 aliphatic heterocycles. The average Bonchev–Trinajstić information content (AvgIpc) is 2.37. The Kier molecular flexibility index (Phi) is 4.47. The van der Waals surface area contributed by atoms with Gasteiger partial charge in [0.2, 0.25) is 10.0 Å². The van der Waals surface area contributed by atoms with Gasteiger partial charge < -0.3 is 0 Å². The molecule has 0 atom stereocenters. The molecule has 0 aromatic heterocycles. The number of sulfonamides is 1. The minimum Gasteiger partial charge on any atom is -0.207 e. The summed E-state index contributed by atoms with van der Waals surface area (Å²) in [7, 11) is -3.57. The van der Waals surface area contributed by atoms with Gasteiger partial charge in [-0.25, -0.2) is 13.1 Å². The summed E-state index contributed by atoms with van der Waals surface area (Å²) < 4.78 is 26.6. The SMILES string of the molecule is O=S(=O)(NCc1cccc(Cl)c1)c1cccc(Cl)c1. The predicted molar refractivity (Wildman–Crippen MR) is 76.9 cm³/mol. The summed E-state index contributed by atoms with van der Waals surface area (Å²) >= 11 is 11.6. The van der Waals surface area contributed by atoms with E-state index >= 15 is 0 Å². The van der Waals surface area contributed by atoms with Crippen molar-refractivity contribution >= 4 is 33.2 Å². The topological polar surface area (TPSA) is 46.2 Å². The molecular formula is C13H11Cl2NO2S. The maximum absolute atomic E-state index is 12.0. The van der Waals surface area contributed by atoms with Crippen molar-refractivity contribution in [1.82, 2.24) is 4.72 Å². The van der Waals surface area contributed by atoms with Crippen LogP contribution in [-0.4, -0.2) is 8.42 Å². The van der Waals surface area contributed by atoms with Crippen LogP contribution in [-0.2, 0) is 16.6 Å². The third-order valence-electron chi connectivity index (χ3n) is 2.46. The lowest BCUT2D eigenvalue weighted by Crippen LogP contribution is -2.23. The number of rotatable bonds is 4. The minimum atomic E-state index is -3.57. The molecule has 0 amide bonds. The molecule has 0 heterocycles. The Labute approximate surface area is 122 Å². The van der Waals surface area contributed by atoms with Gasteiger partial charge in [0.15, 0.2) is 0 Å². The monoisotopic (exact) mass is 315 g/mol. The van der Waals surface area contributed by atoms with E-state index in [9.17, 15) is 8.42 Å². The van der Waals surface area contributed by atoms with Crippen LogP contribution in [0.25, 0.3) is 0 Å². The minimum absolute atomic E-state index is 0.141. The summed E-state index contributed by atoms with van der Waals surface area (Å²) in [5.41, 5.74) is 0.790. The van der Waals surface area contributed by atoms with E-state index in [0.717, 1.165) is 5.56 Å². The summed E-state index contributed by atoms with van der Waals surface area (Å²) in [6.45, 7) is 0.176. The highest BCUT2D eigenvalue weighted by Gasteiger charge is 2.13. The first-order chi connectivity index (χ1) is 8.97. The fourth-order valence-electron chi connectivity index (χ4n) is 1.54. The number of hydrogen-bond acceptors (Lipinski definition) is 2. The smallest absolute Gasteiger partial charge is 0.207 e. The molecule has 0 saturated carbocycles. The molecule has 0 radical (unpaired) electrons. The Morgan fingerprint density at radius 3 is 2.21 bits per heavy atom. The molecule has 0 fully saturated rings. The lowest BCUT2D eigenvalue weighted by atomic mass is 10.2. The third-order valence-corrected chi connectivity index (χ3v) is 4.33. The molecular weight excluding hydrogens is 305 g/mol. The van der Waals surface area contributed by atoms with Crippen LogP contribution in [0, 0.1) is 0 Å². The zero-order valence-electron chi connectivity index (χ0n) is 9.81. The molecule has 0 bridgehead atoms. The predicted octanol–water partition coefficient (Wildman–Crippen LogP) is 3.47. The van der Waals surface area contributed by atoms with E-state index in [4.69, 9.17) is 23.2 Å². The standard InChI is InChI=1S/C13H11Cl2NO2S/c14-11-4-1-3-10(7-11)9-16-19(17,18)13-6-2-5-12(15)8-13/h1-8,16H,9H2. The fraction of sp³-hybridized carbons (Fsp3) is 0.0769. The van der Waals surface area contributed by atoms with Gasteiger partial charge in [0.05, 0.1) is 4.90 Å². The van der Waals surface area contributed by atoms with Crippen molar-refractivity contribution in [3.63, 3.8) is 0 Å². The first kappa shape index (κ1) is 14.3. The Hall–Kier alpha value is -1.07. The maximum atomic E-state index is 12.0. The van der Waals surface area contributed by atoms with Gasteiger partial charge in [0.25, 0.3) is 0 Å². The van der Waals surface area contributed by atoms with Gasteiger partial charge in [-0.3, -0.25) is 0 Å². The third kappa shape index (κ3) is 3.94. The van der Waals surface area contributed by atoms with Gasteiger partial charge in [-0.2, -0.15) is 0 Å². The van der Waals surface area contributed by atoms with Gasteiger partial charge in [0.1, 0.15) is 0 Å². The summed E-state index contributed by atoms with van der Waals surface area (Å²) in [4.78, 5) is 0.141. The molecule has 0 aliphatic carbocycles. The highest BCUT2D eigenvalue weighted by atomic mass is 35.5. The Morgan fingerprint density at radius 1 is 0.947 bits per heavy atom.